The summed E-state index contributed by atoms with van der Waals surface area (Å²) >= 11 is 0. The first-order chi connectivity index (χ1) is 12.6. The lowest BCUT2D eigenvalue weighted by Crippen LogP contribution is -2.21. The van der Waals surface area contributed by atoms with Crippen LogP contribution in [0.15, 0.2) is 58.0 Å². The van der Waals surface area contributed by atoms with Gasteiger partial charge in [0.1, 0.15) is 16.8 Å². The molecule has 0 aliphatic heterocycles. The SMILES string of the molecule is COc1ccc([N+](=O)[O-])cc1Cn1cnc2c(oc3ccccc32)c1=O. The van der Waals surface area contributed by atoms with Crippen LogP contribution in [0, 0.1) is 10.1 Å². The van der Waals surface area contributed by atoms with Crippen LogP contribution >= 0.6 is 0 Å². The van der Waals surface area contributed by atoms with Crippen LogP contribution in [0.2, 0.25) is 0 Å². The third-order valence-corrected chi connectivity index (χ3v) is 4.17. The van der Waals surface area contributed by atoms with Crippen molar-refractivity contribution in [3.63, 3.8) is 0 Å². The first-order valence-electron chi connectivity index (χ1n) is 7.76. The maximum Gasteiger partial charge on any atom is 0.297 e. The molecule has 0 saturated heterocycles. The van der Waals surface area contributed by atoms with E-state index in [1.807, 2.05) is 18.2 Å². The topological polar surface area (TPSA) is 100 Å². The molecule has 0 unspecified atom stereocenters. The van der Waals surface area contributed by atoms with Crippen LogP contribution in [0.4, 0.5) is 5.69 Å². The zero-order valence-electron chi connectivity index (χ0n) is 13.7. The lowest BCUT2D eigenvalue weighted by atomic mass is 10.1. The Labute approximate surface area is 146 Å². The first-order valence-corrected chi connectivity index (χ1v) is 7.76. The Bertz CT molecular complexity index is 1210. The third-order valence-electron chi connectivity index (χ3n) is 4.17. The number of nitrogens with zero attached hydrogens (tertiary/aromatic N) is 3. The fraction of sp³-hybridized carbons (Fsp3) is 0.111. The molecule has 0 amide bonds. The normalized spacial score (nSPS) is 11.1. The number of aromatic nitrogens is 2. The van der Waals surface area contributed by atoms with Gasteiger partial charge >= 0.3 is 0 Å². The molecule has 0 saturated carbocycles. The molecule has 4 rings (SSSR count). The summed E-state index contributed by atoms with van der Waals surface area (Å²) < 4.78 is 12.2. The number of furan rings is 1. The van der Waals surface area contributed by atoms with E-state index in [0.717, 1.165) is 5.39 Å². The van der Waals surface area contributed by atoms with Crippen molar-refractivity contribution in [3.05, 3.63) is 74.8 Å². The number of hydrogen-bond acceptors (Lipinski definition) is 6. The molecule has 2 aromatic heterocycles. The second kappa shape index (κ2) is 5.99. The molecule has 2 aromatic carbocycles. The monoisotopic (exact) mass is 351 g/mol. The minimum Gasteiger partial charge on any atom is -0.496 e. The second-order valence-corrected chi connectivity index (χ2v) is 5.71. The van der Waals surface area contributed by atoms with Gasteiger partial charge in [-0.1, -0.05) is 12.1 Å². The van der Waals surface area contributed by atoms with Gasteiger partial charge in [-0.25, -0.2) is 4.98 Å². The fourth-order valence-electron chi connectivity index (χ4n) is 2.91. The number of ether oxygens (including phenoxy) is 1. The summed E-state index contributed by atoms with van der Waals surface area (Å²) in [5.41, 5.74) is 1.29. The van der Waals surface area contributed by atoms with Crippen LogP contribution in [-0.4, -0.2) is 21.6 Å². The molecule has 8 heteroatoms. The van der Waals surface area contributed by atoms with E-state index in [4.69, 9.17) is 9.15 Å². The zero-order chi connectivity index (χ0) is 18.3. The van der Waals surface area contributed by atoms with Gasteiger partial charge in [-0.2, -0.15) is 0 Å². The largest absolute Gasteiger partial charge is 0.496 e. The average molecular weight is 351 g/mol. The minimum atomic E-state index is -0.494. The summed E-state index contributed by atoms with van der Waals surface area (Å²) in [5, 5.41) is 11.8. The number of methoxy groups -OCH3 is 1. The van der Waals surface area contributed by atoms with Crippen LogP contribution < -0.4 is 10.3 Å². The maximum absolute atomic E-state index is 12.8. The quantitative estimate of drug-likeness (QED) is 0.414. The summed E-state index contributed by atoms with van der Waals surface area (Å²) in [6.07, 6.45) is 1.41. The van der Waals surface area contributed by atoms with Crippen molar-refractivity contribution in [3.8, 4) is 5.75 Å². The molecule has 0 bridgehead atoms. The van der Waals surface area contributed by atoms with Gasteiger partial charge in [0.05, 0.1) is 24.9 Å². The van der Waals surface area contributed by atoms with E-state index >= 15 is 0 Å². The molecule has 0 fully saturated rings. The van der Waals surface area contributed by atoms with Crippen LogP contribution in [0.3, 0.4) is 0 Å². The Morgan fingerprint density at radius 1 is 1.27 bits per heavy atom. The van der Waals surface area contributed by atoms with Crippen LogP contribution in [0.25, 0.3) is 22.1 Å². The molecule has 0 aliphatic carbocycles. The predicted molar refractivity (Wildman–Crippen MR) is 94.5 cm³/mol. The minimum absolute atomic E-state index is 0.0731. The highest BCUT2D eigenvalue weighted by Crippen LogP contribution is 2.26. The Kier molecular flexibility index (Phi) is 3.65. The number of fused-ring (bicyclic) bond motifs is 3. The van der Waals surface area contributed by atoms with Crippen molar-refractivity contribution in [1.29, 1.82) is 0 Å². The Morgan fingerprint density at radius 3 is 2.85 bits per heavy atom. The van der Waals surface area contributed by atoms with E-state index in [1.165, 1.54) is 36.2 Å². The van der Waals surface area contributed by atoms with Gasteiger partial charge in [-0.05, 0) is 18.2 Å². The Hall–Kier alpha value is -3.68. The molecular formula is C18H13N3O5. The number of non-ortho nitro benzene ring substituents is 1. The smallest absolute Gasteiger partial charge is 0.297 e. The molecule has 130 valence electrons. The average Bonchev–Trinajstić information content (AvgIpc) is 3.03. The zero-order valence-corrected chi connectivity index (χ0v) is 13.7. The summed E-state index contributed by atoms with van der Waals surface area (Å²) in [4.78, 5) is 27.6. The number of nitro groups is 1. The van der Waals surface area contributed by atoms with Crippen molar-refractivity contribution in [2.24, 2.45) is 0 Å². The van der Waals surface area contributed by atoms with Gasteiger partial charge in [0.15, 0.2) is 0 Å². The number of para-hydroxylation sites is 1. The van der Waals surface area contributed by atoms with Crippen LogP contribution in [0.1, 0.15) is 5.56 Å². The highest BCUT2D eigenvalue weighted by molar-refractivity contribution is 6.01. The number of rotatable bonds is 4. The van der Waals surface area contributed by atoms with Crippen LogP contribution in [-0.2, 0) is 6.54 Å². The van der Waals surface area contributed by atoms with Crippen molar-refractivity contribution < 1.29 is 14.1 Å². The molecule has 4 aromatic rings. The van der Waals surface area contributed by atoms with Crippen molar-refractivity contribution >= 4 is 27.8 Å². The van der Waals surface area contributed by atoms with Gasteiger partial charge in [-0.15, -0.1) is 0 Å². The van der Waals surface area contributed by atoms with Gasteiger partial charge in [0.2, 0.25) is 5.58 Å². The molecular weight excluding hydrogens is 338 g/mol. The molecule has 0 aliphatic rings. The first kappa shape index (κ1) is 15.8. The number of benzene rings is 2. The lowest BCUT2D eigenvalue weighted by Gasteiger charge is -2.09. The van der Waals surface area contributed by atoms with Gasteiger partial charge in [0.25, 0.3) is 11.2 Å². The number of nitro benzene ring substituents is 1. The molecule has 0 atom stereocenters. The molecule has 0 radical (unpaired) electrons. The summed E-state index contributed by atoms with van der Waals surface area (Å²) in [6.45, 7) is 0.0731. The highest BCUT2D eigenvalue weighted by Gasteiger charge is 2.16. The summed E-state index contributed by atoms with van der Waals surface area (Å²) in [7, 11) is 1.47. The van der Waals surface area contributed by atoms with Gasteiger partial charge < -0.3 is 9.15 Å². The van der Waals surface area contributed by atoms with Gasteiger partial charge in [-0.3, -0.25) is 19.5 Å². The fourth-order valence-corrected chi connectivity index (χ4v) is 2.91. The lowest BCUT2D eigenvalue weighted by molar-refractivity contribution is -0.384. The molecule has 0 N–H and O–H groups in total. The summed E-state index contributed by atoms with van der Waals surface area (Å²) in [6, 6.07) is 11.5. The van der Waals surface area contributed by atoms with Crippen molar-refractivity contribution in [2.75, 3.05) is 7.11 Å². The van der Waals surface area contributed by atoms with Crippen LogP contribution in [0.5, 0.6) is 5.75 Å². The van der Waals surface area contributed by atoms with E-state index in [1.54, 1.807) is 6.07 Å². The van der Waals surface area contributed by atoms with Gasteiger partial charge in [0, 0.05) is 23.1 Å². The van der Waals surface area contributed by atoms with Crippen molar-refractivity contribution in [1.82, 2.24) is 9.55 Å². The molecule has 26 heavy (non-hydrogen) atoms. The third kappa shape index (κ3) is 2.48. The molecule has 0 spiro atoms. The van der Waals surface area contributed by atoms with E-state index < -0.39 is 4.92 Å². The predicted octanol–water partition coefficient (Wildman–Crippen LogP) is 3.11. The molecule has 2 heterocycles. The Balaban J connectivity index is 1.84. The van der Waals surface area contributed by atoms with E-state index in [2.05, 4.69) is 4.98 Å². The maximum atomic E-state index is 12.8. The highest BCUT2D eigenvalue weighted by atomic mass is 16.6. The van der Waals surface area contributed by atoms with Crippen molar-refractivity contribution in [2.45, 2.75) is 6.54 Å². The molecule has 8 nitrogen and oxygen atoms in total. The van der Waals surface area contributed by atoms with E-state index in [9.17, 15) is 14.9 Å². The van der Waals surface area contributed by atoms with E-state index in [0.29, 0.717) is 22.4 Å². The summed E-state index contributed by atoms with van der Waals surface area (Å²) in [5.74, 6) is 0.451. The number of hydrogen-bond donors (Lipinski definition) is 0. The standard InChI is InChI=1S/C18H13N3O5/c1-25-14-7-6-12(21(23)24)8-11(14)9-20-10-19-16-13-4-2-3-5-15(13)26-17(16)18(20)22/h2-8,10H,9H2,1H3. The Morgan fingerprint density at radius 2 is 2.08 bits per heavy atom. The van der Waals surface area contributed by atoms with E-state index in [-0.39, 0.29) is 23.4 Å². The second-order valence-electron chi connectivity index (χ2n) is 5.71.